The third kappa shape index (κ3) is 1.81. The van der Waals surface area contributed by atoms with Crippen LogP contribution in [0, 0.1) is 5.92 Å². The third-order valence-electron chi connectivity index (χ3n) is 3.29. The van der Waals surface area contributed by atoms with Gasteiger partial charge < -0.3 is 0 Å². The van der Waals surface area contributed by atoms with Crippen molar-refractivity contribution in [1.82, 2.24) is 4.90 Å². The number of imide groups is 1. The van der Waals surface area contributed by atoms with E-state index in [1.54, 1.807) is 0 Å². The van der Waals surface area contributed by atoms with Gasteiger partial charge in [-0.25, -0.2) is 0 Å². The van der Waals surface area contributed by atoms with Crippen molar-refractivity contribution in [3.63, 3.8) is 0 Å². The number of hydrogen-bond acceptors (Lipinski definition) is 2. The van der Waals surface area contributed by atoms with Crippen molar-refractivity contribution < 1.29 is 9.59 Å². The zero-order valence-electron chi connectivity index (χ0n) is 8.50. The van der Waals surface area contributed by atoms with Gasteiger partial charge in [0.1, 0.15) is 0 Å². The molecule has 1 aliphatic heterocycles. The molecule has 2 aliphatic rings. The molecule has 0 atom stereocenters. The number of carbonyl (C=O) groups is 2. The van der Waals surface area contributed by atoms with E-state index in [0.29, 0.717) is 13.0 Å². The van der Waals surface area contributed by atoms with Gasteiger partial charge in [-0.1, -0.05) is 19.3 Å². The summed E-state index contributed by atoms with van der Waals surface area (Å²) in [6.07, 6.45) is 6.95. The second kappa shape index (κ2) is 4.11. The molecule has 0 bridgehead atoms. The predicted octanol–water partition coefficient (Wildman–Crippen LogP) is 1.72. The zero-order chi connectivity index (χ0) is 9.97. The monoisotopic (exact) mass is 195 g/mol. The molecule has 3 heteroatoms. The molecule has 0 aromatic heterocycles. The van der Waals surface area contributed by atoms with E-state index in [0.717, 1.165) is 32.1 Å². The van der Waals surface area contributed by atoms with Crippen molar-refractivity contribution >= 4 is 11.8 Å². The van der Waals surface area contributed by atoms with Crippen molar-refractivity contribution in [2.75, 3.05) is 6.54 Å². The van der Waals surface area contributed by atoms with Crippen LogP contribution in [0.2, 0.25) is 0 Å². The molecule has 2 rings (SSSR count). The van der Waals surface area contributed by atoms with Crippen LogP contribution in [-0.2, 0) is 9.59 Å². The minimum absolute atomic E-state index is 0.0422. The smallest absolute Gasteiger partial charge is 0.232 e. The van der Waals surface area contributed by atoms with E-state index in [9.17, 15) is 9.59 Å². The van der Waals surface area contributed by atoms with Crippen LogP contribution in [0.5, 0.6) is 0 Å². The summed E-state index contributed by atoms with van der Waals surface area (Å²) in [7, 11) is 0. The standard InChI is InChI=1S/C11H17NO2/c13-10-7-4-8-12(10)11(14)9-5-2-1-3-6-9/h9H,1-8H2. The predicted molar refractivity (Wildman–Crippen MR) is 52.5 cm³/mol. The summed E-state index contributed by atoms with van der Waals surface area (Å²) in [5, 5.41) is 0. The van der Waals surface area contributed by atoms with Crippen LogP contribution in [0.15, 0.2) is 0 Å². The first kappa shape index (κ1) is 9.69. The zero-order valence-corrected chi connectivity index (χ0v) is 8.50. The molecule has 1 saturated heterocycles. The second-order valence-electron chi connectivity index (χ2n) is 4.32. The average molecular weight is 195 g/mol. The summed E-state index contributed by atoms with van der Waals surface area (Å²) >= 11 is 0. The van der Waals surface area contributed by atoms with Gasteiger partial charge in [0.2, 0.25) is 11.8 Å². The second-order valence-corrected chi connectivity index (χ2v) is 4.32. The Morgan fingerprint density at radius 2 is 1.86 bits per heavy atom. The van der Waals surface area contributed by atoms with E-state index in [1.807, 2.05) is 0 Å². The minimum atomic E-state index is 0.0422. The Balaban J connectivity index is 1.96. The normalized spacial score (nSPS) is 24.3. The first-order valence-electron chi connectivity index (χ1n) is 5.63. The maximum Gasteiger partial charge on any atom is 0.232 e. The van der Waals surface area contributed by atoms with Crippen LogP contribution in [0.4, 0.5) is 0 Å². The van der Waals surface area contributed by atoms with Gasteiger partial charge in [-0.05, 0) is 19.3 Å². The largest absolute Gasteiger partial charge is 0.282 e. The van der Waals surface area contributed by atoms with Gasteiger partial charge in [0.05, 0.1) is 0 Å². The maximum absolute atomic E-state index is 11.9. The summed E-state index contributed by atoms with van der Waals surface area (Å²) < 4.78 is 0. The van der Waals surface area contributed by atoms with Crippen LogP contribution in [-0.4, -0.2) is 23.3 Å². The highest BCUT2D eigenvalue weighted by atomic mass is 16.2. The van der Waals surface area contributed by atoms with Crippen molar-refractivity contribution in [2.24, 2.45) is 5.92 Å². The number of nitrogens with zero attached hydrogens (tertiary/aromatic N) is 1. The Hall–Kier alpha value is -0.860. The molecule has 3 nitrogen and oxygen atoms in total. The molecular formula is C11H17NO2. The molecule has 78 valence electrons. The Morgan fingerprint density at radius 1 is 1.14 bits per heavy atom. The molecule has 0 aromatic carbocycles. The maximum atomic E-state index is 11.9. The summed E-state index contributed by atoms with van der Waals surface area (Å²) in [5.41, 5.74) is 0. The van der Waals surface area contributed by atoms with E-state index in [1.165, 1.54) is 11.3 Å². The molecule has 14 heavy (non-hydrogen) atoms. The molecule has 0 radical (unpaired) electrons. The van der Waals surface area contributed by atoms with Gasteiger partial charge in [0.25, 0.3) is 0 Å². The van der Waals surface area contributed by atoms with Crippen LogP contribution in [0.25, 0.3) is 0 Å². The number of hydrogen-bond donors (Lipinski definition) is 0. The van der Waals surface area contributed by atoms with E-state index in [-0.39, 0.29) is 17.7 Å². The van der Waals surface area contributed by atoms with Crippen LogP contribution >= 0.6 is 0 Å². The van der Waals surface area contributed by atoms with E-state index in [4.69, 9.17) is 0 Å². The highest BCUT2D eigenvalue weighted by Crippen LogP contribution is 2.26. The van der Waals surface area contributed by atoms with Gasteiger partial charge in [0, 0.05) is 18.9 Å². The molecule has 0 N–H and O–H groups in total. The van der Waals surface area contributed by atoms with Crippen LogP contribution in [0.3, 0.4) is 0 Å². The summed E-state index contributed by atoms with van der Waals surface area (Å²) in [6.45, 7) is 0.661. The topological polar surface area (TPSA) is 37.4 Å². The summed E-state index contributed by atoms with van der Waals surface area (Å²) in [5.74, 6) is 0.290. The summed E-state index contributed by atoms with van der Waals surface area (Å²) in [4.78, 5) is 24.8. The Morgan fingerprint density at radius 3 is 2.43 bits per heavy atom. The van der Waals surface area contributed by atoms with E-state index in [2.05, 4.69) is 0 Å². The van der Waals surface area contributed by atoms with Crippen LogP contribution in [0.1, 0.15) is 44.9 Å². The quantitative estimate of drug-likeness (QED) is 0.597. The summed E-state index contributed by atoms with van der Waals surface area (Å²) in [6, 6.07) is 0. The SMILES string of the molecule is O=C1CCCN1C(=O)C1CCCCC1. The van der Waals surface area contributed by atoms with Gasteiger partial charge >= 0.3 is 0 Å². The van der Waals surface area contributed by atoms with Gasteiger partial charge in [-0.2, -0.15) is 0 Å². The molecule has 1 heterocycles. The molecule has 1 aliphatic carbocycles. The number of amides is 2. The lowest BCUT2D eigenvalue weighted by Crippen LogP contribution is -2.37. The molecule has 1 saturated carbocycles. The van der Waals surface area contributed by atoms with Crippen molar-refractivity contribution in [2.45, 2.75) is 44.9 Å². The van der Waals surface area contributed by atoms with Gasteiger partial charge in [-0.3, -0.25) is 14.5 Å². The molecular weight excluding hydrogens is 178 g/mol. The molecule has 0 aromatic rings. The molecule has 0 unspecified atom stereocenters. The first-order valence-corrected chi connectivity index (χ1v) is 5.63. The Kier molecular flexibility index (Phi) is 2.85. The fourth-order valence-corrected chi connectivity index (χ4v) is 2.45. The molecule has 0 spiro atoms. The van der Waals surface area contributed by atoms with Gasteiger partial charge in [0.15, 0.2) is 0 Å². The average Bonchev–Trinajstić information content (AvgIpc) is 2.65. The fourth-order valence-electron chi connectivity index (χ4n) is 2.45. The lowest BCUT2D eigenvalue weighted by atomic mass is 9.88. The lowest BCUT2D eigenvalue weighted by Gasteiger charge is -2.24. The van der Waals surface area contributed by atoms with E-state index >= 15 is 0 Å². The van der Waals surface area contributed by atoms with Crippen molar-refractivity contribution in [1.29, 1.82) is 0 Å². The van der Waals surface area contributed by atoms with Crippen molar-refractivity contribution in [3.8, 4) is 0 Å². The third-order valence-corrected chi connectivity index (χ3v) is 3.29. The minimum Gasteiger partial charge on any atom is -0.282 e. The molecule has 2 amide bonds. The van der Waals surface area contributed by atoms with Crippen LogP contribution < -0.4 is 0 Å². The fraction of sp³-hybridized carbons (Fsp3) is 0.818. The Bertz CT molecular complexity index is 244. The Labute approximate surface area is 84.5 Å². The highest BCUT2D eigenvalue weighted by Gasteiger charge is 2.32. The number of likely N-dealkylation sites (tertiary alicyclic amines) is 1. The first-order chi connectivity index (χ1) is 6.79. The van der Waals surface area contributed by atoms with E-state index < -0.39 is 0 Å². The lowest BCUT2D eigenvalue weighted by molar-refractivity contribution is -0.145. The number of rotatable bonds is 1. The molecule has 2 fully saturated rings. The number of carbonyl (C=O) groups excluding carboxylic acids is 2. The van der Waals surface area contributed by atoms with Crippen molar-refractivity contribution in [3.05, 3.63) is 0 Å². The highest BCUT2D eigenvalue weighted by molar-refractivity contribution is 5.97. The van der Waals surface area contributed by atoms with Gasteiger partial charge in [-0.15, -0.1) is 0 Å².